The second-order valence-corrected chi connectivity index (χ2v) is 8.79. The van der Waals surface area contributed by atoms with Crippen LogP contribution in [0.3, 0.4) is 0 Å². The van der Waals surface area contributed by atoms with Crippen LogP contribution in [0.15, 0.2) is 47.5 Å². The lowest BCUT2D eigenvalue weighted by molar-refractivity contribution is 0.0694. The normalized spacial score (nSPS) is 19.9. The van der Waals surface area contributed by atoms with Crippen LogP contribution in [0, 0.1) is 5.92 Å². The summed E-state index contributed by atoms with van der Waals surface area (Å²) in [6.07, 6.45) is 7.83. The Morgan fingerprint density at radius 1 is 1.13 bits per heavy atom. The van der Waals surface area contributed by atoms with Gasteiger partial charge in [-0.05, 0) is 43.7 Å². The summed E-state index contributed by atoms with van der Waals surface area (Å²) >= 11 is 0. The summed E-state index contributed by atoms with van der Waals surface area (Å²) in [6, 6.07) is 9.35. The second-order valence-electron chi connectivity index (χ2n) is 8.79. The van der Waals surface area contributed by atoms with Crippen molar-refractivity contribution in [2.75, 3.05) is 19.7 Å². The number of ether oxygens (including phenoxy) is 1. The zero-order valence-electron chi connectivity index (χ0n) is 17.9. The molecule has 7 heteroatoms. The minimum absolute atomic E-state index is 0.0451. The van der Waals surface area contributed by atoms with E-state index in [1.165, 1.54) is 4.68 Å². The minimum atomic E-state index is -0.204. The van der Waals surface area contributed by atoms with Gasteiger partial charge in [0.2, 0.25) is 0 Å². The molecule has 0 aliphatic carbocycles. The fourth-order valence-corrected chi connectivity index (χ4v) is 4.57. The molecule has 0 aromatic heterocycles. The van der Waals surface area contributed by atoms with E-state index in [2.05, 4.69) is 12.0 Å². The first kappa shape index (κ1) is 20.0. The Kier molecular flexibility index (Phi) is 5.36. The van der Waals surface area contributed by atoms with Gasteiger partial charge in [0.05, 0.1) is 22.9 Å². The van der Waals surface area contributed by atoms with E-state index in [9.17, 15) is 9.59 Å². The highest BCUT2D eigenvalue weighted by molar-refractivity contribution is 6.00. The van der Waals surface area contributed by atoms with Crippen LogP contribution in [0.25, 0.3) is 16.9 Å². The molecule has 0 unspecified atom stereocenters. The quantitative estimate of drug-likeness (QED) is 0.650. The highest BCUT2D eigenvalue weighted by atomic mass is 16.5. The maximum Gasteiger partial charge on any atom is 0.282 e. The van der Waals surface area contributed by atoms with E-state index in [0.717, 1.165) is 45.4 Å². The third-order valence-corrected chi connectivity index (χ3v) is 6.46. The van der Waals surface area contributed by atoms with E-state index in [4.69, 9.17) is 4.74 Å². The van der Waals surface area contributed by atoms with Gasteiger partial charge in [0.25, 0.3) is 11.5 Å². The summed E-state index contributed by atoms with van der Waals surface area (Å²) in [5.74, 6) is 0.589. The fourth-order valence-electron chi connectivity index (χ4n) is 4.57. The van der Waals surface area contributed by atoms with E-state index >= 15 is 0 Å². The van der Waals surface area contributed by atoms with Crippen molar-refractivity contribution < 1.29 is 9.53 Å². The van der Waals surface area contributed by atoms with Crippen LogP contribution in [0.1, 0.15) is 43.0 Å². The number of fused-ring (bicyclic) bond motifs is 1. The smallest absolute Gasteiger partial charge is 0.282 e. The lowest BCUT2D eigenvalue weighted by Crippen LogP contribution is -2.38. The van der Waals surface area contributed by atoms with Crippen LogP contribution in [-0.2, 0) is 11.3 Å². The number of piperidine rings is 1. The number of pyridine rings is 1. The average Bonchev–Trinajstić information content (AvgIpc) is 3.42. The standard InChI is InChI=1S/C24H28N4O3/c1-17-9-11-27(12-10-17)23(29)20-15-26(14-19-8-5-13-31-19)16-21-22(20)25-28(24(21)30)18-6-3-2-4-7-18/h2-4,6-7,15-17,19H,5,8-14H2,1H3/t19-/m1/s1. The molecule has 0 bridgehead atoms. The number of benzene rings is 1. The molecule has 1 aromatic carbocycles. The van der Waals surface area contributed by atoms with Crippen molar-refractivity contribution in [1.82, 2.24) is 19.2 Å². The van der Waals surface area contributed by atoms with Crippen molar-refractivity contribution in [3.63, 3.8) is 0 Å². The van der Waals surface area contributed by atoms with Crippen LogP contribution in [0.2, 0.25) is 0 Å². The number of nitrogens with zero attached hydrogens (tertiary/aromatic N) is 4. The van der Waals surface area contributed by atoms with E-state index in [1.807, 2.05) is 52.2 Å². The van der Waals surface area contributed by atoms with Crippen LogP contribution in [0.5, 0.6) is 0 Å². The third kappa shape index (κ3) is 3.90. The summed E-state index contributed by atoms with van der Waals surface area (Å²) in [4.78, 5) is 28.6. The van der Waals surface area contributed by atoms with Gasteiger partial charge in [-0.2, -0.15) is 9.78 Å². The molecule has 0 N–H and O–H groups in total. The van der Waals surface area contributed by atoms with Gasteiger partial charge in [0, 0.05) is 38.6 Å². The highest BCUT2D eigenvalue weighted by Crippen LogP contribution is 2.26. The SMILES string of the molecule is CC1CCN(C(=O)c2cn(C[C@H]3CCCO3)cc3c(=O)n(-c4ccccc4)nc2-3)CC1. The zero-order valence-corrected chi connectivity index (χ0v) is 17.9. The molecule has 1 amide bonds. The maximum atomic E-state index is 13.5. The topological polar surface area (TPSA) is 69.4 Å². The van der Waals surface area contributed by atoms with Gasteiger partial charge >= 0.3 is 0 Å². The molecule has 4 aliphatic rings. The number of aromatic nitrogens is 3. The van der Waals surface area contributed by atoms with Crippen molar-refractivity contribution in [3.8, 4) is 16.9 Å². The largest absolute Gasteiger partial charge is 0.376 e. The molecule has 2 saturated heterocycles. The Balaban J connectivity index is 1.59. The van der Waals surface area contributed by atoms with Gasteiger partial charge in [0.15, 0.2) is 0 Å². The Morgan fingerprint density at radius 3 is 2.61 bits per heavy atom. The molecular weight excluding hydrogens is 392 g/mol. The number of carbonyl (C=O) groups is 1. The van der Waals surface area contributed by atoms with Crippen molar-refractivity contribution in [2.24, 2.45) is 5.92 Å². The van der Waals surface area contributed by atoms with E-state index in [-0.39, 0.29) is 17.6 Å². The van der Waals surface area contributed by atoms with Gasteiger partial charge < -0.3 is 14.2 Å². The van der Waals surface area contributed by atoms with Crippen molar-refractivity contribution in [3.05, 3.63) is 58.6 Å². The number of likely N-dealkylation sites (tertiary alicyclic amines) is 1. The van der Waals surface area contributed by atoms with Gasteiger partial charge in [-0.25, -0.2) is 0 Å². The Hall–Kier alpha value is -2.93. The lowest BCUT2D eigenvalue weighted by Gasteiger charge is -2.30. The summed E-state index contributed by atoms with van der Waals surface area (Å²) in [7, 11) is 0. The number of amides is 1. The lowest BCUT2D eigenvalue weighted by atomic mass is 9.98. The summed E-state index contributed by atoms with van der Waals surface area (Å²) in [6.45, 7) is 5.11. The summed E-state index contributed by atoms with van der Waals surface area (Å²) in [5.41, 5.74) is 1.93. The number of para-hydroxylation sites is 1. The molecular formula is C24H28N4O3. The first-order chi connectivity index (χ1) is 15.1. The van der Waals surface area contributed by atoms with Crippen molar-refractivity contribution in [1.29, 1.82) is 0 Å². The van der Waals surface area contributed by atoms with Gasteiger partial charge in [-0.1, -0.05) is 25.1 Å². The third-order valence-electron chi connectivity index (χ3n) is 6.46. The second kappa shape index (κ2) is 8.30. The van der Waals surface area contributed by atoms with E-state index in [0.29, 0.717) is 35.0 Å². The molecule has 2 fully saturated rings. The Morgan fingerprint density at radius 2 is 1.90 bits per heavy atom. The molecule has 1 atom stereocenters. The van der Waals surface area contributed by atoms with E-state index in [1.54, 1.807) is 0 Å². The van der Waals surface area contributed by atoms with Crippen LogP contribution >= 0.6 is 0 Å². The molecule has 4 aliphatic heterocycles. The predicted octanol–water partition coefficient (Wildman–Crippen LogP) is 3.19. The number of hydrogen-bond acceptors (Lipinski definition) is 4. The molecule has 5 rings (SSSR count). The molecule has 1 aromatic rings. The minimum Gasteiger partial charge on any atom is -0.376 e. The molecule has 4 heterocycles. The van der Waals surface area contributed by atoms with Crippen LogP contribution < -0.4 is 5.56 Å². The van der Waals surface area contributed by atoms with Crippen LogP contribution in [0.4, 0.5) is 0 Å². The number of rotatable bonds is 4. The predicted molar refractivity (Wildman–Crippen MR) is 118 cm³/mol. The zero-order chi connectivity index (χ0) is 21.4. The average molecular weight is 421 g/mol. The fraction of sp³-hybridized carbons (Fsp3) is 0.458. The monoisotopic (exact) mass is 420 g/mol. The van der Waals surface area contributed by atoms with Crippen molar-refractivity contribution in [2.45, 2.75) is 45.3 Å². The maximum absolute atomic E-state index is 13.5. The molecule has 7 nitrogen and oxygen atoms in total. The van der Waals surface area contributed by atoms with Crippen LogP contribution in [-0.4, -0.2) is 51.0 Å². The summed E-state index contributed by atoms with van der Waals surface area (Å²) in [5, 5.41) is 4.60. The highest BCUT2D eigenvalue weighted by Gasteiger charge is 2.29. The van der Waals surface area contributed by atoms with Gasteiger partial charge in [0.1, 0.15) is 5.69 Å². The number of hydrogen-bond donors (Lipinski definition) is 0. The number of carbonyl (C=O) groups excluding carboxylic acids is 1. The molecule has 0 saturated carbocycles. The first-order valence-electron chi connectivity index (χ1n) is 11.2. The first-order valence-corrected chi connectivity index (χ1v) is 11.2. The summed E-state index contributed by atoms with van der Waals surface area (Å²) < 4.78 is 9.13. The molecule has 31 heavy (non-hydrogen) atoms. The van der Waals surface area contributed by atoms with Gasteiger partial charge in [-0.15, -0.1) is 0 Å². The Labute approximate surface area is 181 Å². The van der Waals surface area contributed by atoms with Crippen molar-refractivity contribution >= 4 is 5.91 Å². The Bertz CT molecular complexity index is 1090. The van der Waals surface area contributed by atoms with Gasteiger partial charge in [-0.3, -0.25) is 9.59 Å². The molecule has 0 radical (unpaired) electrons. The molecule has 0 spiro atoms. The molecule has 162 valence electrons. The van der Waals surface area contributed by atoms with E-state index < -0.39 is 0 Å².